The lowest BCUT2D eigenvalue weighted by atomic mass is 9.93. The molecule has 122 valence electrons. The summed E-state index contributed by atoms with van der Waals surface area (Å²) in [5.74, 6) is -0.739. The van der Waals surface area contributed by atoms with E-state index in [-0.39, 0.29) is 18.1 Å². The standard InChI is InChI=1S/C12H28N2O4S2/c1-5-8-14(12(6-2,7-3)11-13)20(17,18)10-9-19(4,15)16/h5-11,13H2,1-4H3. The van der Waals surface area contributed by atoms with Gasteiger partial charge in [-0.05, 0) is 19.3 Å². The SMILES string of the molecule is CCCN(C(CC)(CC)CN)S(=O)(=O)CCS(C)(=O)=O. The molecule has 0 aromatic rings. The highest BCUT2D eigenvalue weighted by Gasteiger charge is 2.39. The van der Waals surface area contributed by atoms with E-state index in [1.54, 1.807) is 0 Å². The van der Waals surface area contributed by atoms with E-state index in [0.717, 1.165) is 6.26 Å². The second kappa shape index (κ2) is 7.72. The van der Waals surface area contributed by atoms with Crippen LogP contribution in [-0.4, -0.2) is 57.5 Å². The monoisotopic (exact) mass is 328 g/mol. The topological polar surface area (TPSA) is 97.5 Å². The molecule has 0 bridgehead atoms. The van der Waals surface area contributed by atoms with E-state index in [0.29, 0.717) is 25.8 Å². The molecule has 6 nitrogen and oxygen atoms in total. The Balaban J connectivity index is 5.45. The Bertz CT molecular complexity index is 473. The molecule has 20 heavy (non-hydrogen) atoms. The van der Waals surface area contributed by atoms with Crippen LogP contribution in [0, 0.1) is 0 Å². The van der Waals surface area contributed by atoms with Crippen molar-refractivity contribution in [1.29, 1.82) is 0 Å². The highest BCUT2D eigenvalue weighted by atomic mass is 32.2. The molecular weight excluding hydrogens is 300 g/mol. The Hall–Kier alpha value is -0.180. The molecule has 0 aliphatic rings. The summed E-state index contributed by atoms with van der Waals surface area (Å²) in [6.45, 7) is 6.31. The first kappa shape index (κ1) is 19.8. The van der Waals surface area contributed by atoms with Crippen LogP contribution < -0.4 is 5.73 Å². The zero-order valence-electron chi connectivity index (χ0n) is 12.9. The third kappa shape index (κ3) is 5.31. The summed E-state index contributed by atoms with van der Waals surface area (Å²) in [4.78, 5) is 0. The van der Waals surface area contributed by atoms with E-state index in [4.69, 9.17) is 5.73 Å². The van der Waals surface area contributed by atoms with Crippen molar-refractivity contribution < 1.29 is 16.8 Å². The molecule has 0 rings (SSSR count). The maximum absolute atomic E-state index is 12.5. The van der Waals surface area contributed by atoms with Crippen molar-refractivity contribution in [3.05, 3.63) is 0 Å². The number of sulfonamides is 1. The van der Waals surface area contributed by atoms with Gasteiger partial charge >= 0.3 is 0 Å². The van der Waals surface area contributed by atoms with Gasteiger partial charge in [-0.15, -0.1) is 0 Å². The van der Waals surface area contributed by atoms with Gasteiger partial charge in [-0.2, -0.15) is 4.31 Å². The van der Waals surface area contributed by atoms with Crippen molar-refractivity contribution in [1.82, 2.24) is 4.31 Å². The van der Waals surface area contributed by atoms with Crippen LogP contribution in [-0.2, 0) is 19.9 Å². The van der Waals surface area contributed by atoms with Gasteiger partial charge in [0.2, 0.25) is 10.0 Å². The molecule has 0 aliphatic carbocycles. The van der Waals surface area contributed by atoms with E-state index in [2.05, 4.69) is 0 Å². The molecule has 2 N–H and O–H groups in total. The first-order chi connectivity index (χ1) is 9.08. The first-order valence-electron chi connectivity index (χ1n) is 6.96. The second-order valence-electron chi connectivity index (χ2n) is 5.15. The van der Waals surface area contributed by atoms with Gasteiger partial charge in [0.1, 0.15) is 9.84 Å². The zero-order valence-corrected chi connectivity index (χ0v) is 14.6. The minimum Gasteiger partial charge on any atom is -0.329 e. The quantitative estimate of drug-likeness (QED) is 0.633. The Morgan fingerprint density at radius 1 is 1.00 bits per heavy atom. The summed E-state index contributed by atoms with van der Waals surface area (Å²) >= 11 is 0. The fourth-order valence-electron chi connectivity index (χ4n) is 2.23. The minimum absolute atomic E-state index is 0.234. The van der Waals surface area contributed by atoms with Gasteiger partial charge in [0.05, 0.1) is 11.5 Å². The normalized spacial score (nSPS) is 13.9. The van der Waals surface area contributed by atoms with Gasteiger partial charge in [-0.1, -0.05) is 20.8 Å². The van der Waals surface area contributed by atoms with Crippen LogP contribution in [0.1, 0.15) is 40.0 Å². The lowest BCUT2D eigenvalue weighted by Crippen LogP contribution is -2.56. The number of hydrogen-bond acceptors (Lipinski definition) is 5. The molecule has 0 radical (unpaired) electrons. The maximum atomic E-state index is 12.5. The van der Waals surface area contributed by atoms with Crippen LogP contribution in [0.15, 0.2) is 0 Å². The minimum atomic E-state index is -3.64. The Morgan fingerprint density at radius 2 is 1.50 bits per heavy atom. The fourth-order valence-corrected chi connectivity index (χ4v) is 5.89. The van der Waals surface area contributed by atoms with Gasteiger partial charge in [-0.3, -0.25) is 0 Å². The molecule has 0 saturated carbocycles. The largest absolute Gasteiger partial charge is 0.329 e. The van der Waals surface area contributed by atoms with Gasteiger partial charge in [0, 0.05) is 24.9 Å². The fraction of sp³-hybridized carbons (Fsp3) is 1.00. The van der Waals surface area contributed by atoms with E-state index < -0.39 is 25.4 Å². The van der Waals surface area contributed by atoms with Crippen molar-refractivity contribution in [3.63, 3.8) is 0 Å². The Kier molecular flexibility index (Phi) is 7.65. The molecule has 0 spiro atoms. The predicted octanol–water partition coefficient (Wildman–Crippen LogP) is 0.590. The van der Waals surface area contributed by atoms with Crippen molar-refractivity contribution in [2.75, 3.05) is 30.9 Å². The van der Waals surface area contributed by atoms with Crippen LogP contribution in [0.5, 0.6) is 0 Å². The molecule has 0 aliphatic heterocycles. The van der Waals surface area contributed by atoms with E-state index in [1.165, 1.54) is 4.31 Å². The lowest BCUT2D eigenvalue weighted by molar-refractivity contribution is 0.178. The third-order valence-electron chi connectivity index (χ3n) is 3.70. The predicted molar refractivity (Wildman–Crippen MR) is 82.9 cm³/mol. The molecule has 0 saturated heterocycles. The molecule has 0 aromatic heterocycles. The molecule has 0 heterocycles. The summed E-state index contributed by atoms with van der Waals surface area (Å²) in [5, 5.41) is 0. The van der Waals surface area contributed by atoms with Crippen molar-refractivity contribution >= 4 is 19.9 Å². The zero-order chi connectivity index (χ0) is 16.0. The summed E-state index contributed by atoms with van der Waals surface area (Å²) in [6, 6.07) is 0. The average molecular weight is 328 g/mol. The van der Waals surface area contributed by atoms with Gasteiger partial charge in [0.25, 0.3) is 0 Å². The highest BCUT2D eigenvalue weighted by Crippen LogP contribution is 2.26. The lowest BCUT2D eigenvalue weighted by Gasteiger charge is -2.41. The number of sulfone groups is 1. The van der Waals surface area contributed by atoms with E-state index in [1.807, 2.05) is 20.8 Å². The van der Waals surface area contributed by atoms with Crippen molar-refractivity contribution in [3.8, 4) is 0 Å². The number of hydrogen-bond donors (Lipinski definition) is 1. The molecular formula is C12H28N2O4S2. The third-order valence-corrected chi connectivity index (χ3v) is 6.87. The first-order valence-corrected chi connectivity index (χ1v) is 10.6. The average Bonchev–Trinajstić information content (AvgIpc) is 2.37. The van der Waals surface area contributed by atoms with Gasteiger partial charge in [-0.25, -0.2) is 16.8 Å². The van der Waals surface area contributed by atoms with Gasteiger partial charge < -0.3 is 5.73 Å². The summed E-state index contributed by atoms with van der Waals surface area (Å²) in [7, 11) is -6.95. The number of rotatable bonds is 10. The molecule has 0 unspecified atom stereocenters. The Labute approximate surface area is 123 Å². The van der Waals surface area contributed by atoms with Crippen LogP contribution in [0.2, 0.25) is 0 Å². The Morgan fingerprint density at radius 3 is 1.80 bits per heavy atom. The summed E-state index contributed by atoms with van der Waals surface area (Å²) in [5.41, 5.74) is 5.20. The maximum Gasteiger partial charge on any atom is 0.215 e. The number of nitrogens with zero attached hydrogens (tertiary/aromatic N) is 1. The molecule has 0 aromatic carbocycles. The van der Waals surface area contributed by atoms with Crippen LogP contribution in [0.25, 0.3) is 0 Å². The van der Waals surface area contributed by atoms with Crippen molar-refractivity contribution in [2.24, 2.45) is 5.73 Å². The number of nitrogens with two attached hydrogens (primary N) is 1. The van der Waals surface area contributed by atoms with Crippen molar-refractivity contribution in [2.45, 2.75) is 45.6 Å². The molecule has 0 atom stereocenters. The second-order valence-corrected chi connectivity index (χ2v) is 9.43. The molecule has 0 amide bonds. The summed E-state index contributed by atoms with van der Waals surface area (Å²) < 4.78 is 48.8. The van der Waals surface area contributed by atoms with Crippen LogP contribution >= 0.6 is 0 Å². The summed E-state index contributed by atoms with van der Waals surface area (Å²) in [6.07, 6.45) is 2.93. The molecule has 8 heteroatoms. The molecule has 0 fully saturated rings. The smallest absolute Gasteiger partial charge is 0.215 e. The van der Waals surface area contributed by atoms with E-state index in [9.17, 15) is 16.8 Å². The van der Waals surface area contributed by atoms with Gasteiger partial charge in [0.15, 0.2) is 0 Å². The van der Waals surface area contributed by atoms with Crippen LogP contribution in [0.4, 0.5) is 0 Å². The van der Waals surface area contributed by atoms with E-state index >= 15 is 0 Å². The highest BCUT2D eigenvalue weighted by molar-refractivity contribution is 7.93. The van der Waals surface area contributed by atoms with Crippen LogP contribution in [0.3, 0.4) is 0 Å².